The summed E-state index contributed by atoms with van der Waals surface area (Å²) >= 11 is 1.95. The highest BCUT2D eigenvalue weighted by molar-refractivity contribution is 7.98. The van der Waals surface area contributed by atoms with Gasteiger partial charge in [-0.3, -0.25) is 0 Å². The van der Waals surface area contributed by atoms with Crippen molar-refractivity contribution >= 4 is 11.8 Å². The Morgan fingerprint density at radius 3 is 2.88 bits per heavy atom. The number of nitrogens with one attached hydrogen (secondary N) is 1. The summed E-state index contributed by atoms with van der Waals surface area (Å²) in [5.41, 5.74) is 0. The monoisotopic (exact) mass is 244 g/mol. The van der Waals surface area contributed by atoms with Crippen LogP contribution in [-0.2, 0) is 0 Å². The van der Waals surface area contributed by atoms with Gasteiger partial charge in [0.1, 0.15) is 0 Å². The zero-order chi connectivity index (χ0) is 11.6. The summed E-state index contributed by atoms with van der Waals surface area (Å²) in [4.78, 5) is 2.54. The molecule has 0 aromatic rings. The smallest absolute Gasteiger partial charge is 0.0104 e. The average Bonchev–Trinajstić information content (AvgIpc) is 2.30. The van der Waals surface area contributed by atoms with E-state index in [4.69, 9.17) is 0 Å². The van der Waals surface area contributed by atoms with E-state index in [9.17, 15) is 0 Å². The third kappa shape index (κ3) is 6.12. The van der Waals surface area contributed by atoms with Crippen LogP contribution in [0.5, 0.6) is 0 Å². The Hall–Kier alpha value is 0.270. The molecule has 0 aromatic heterocycles. The predicted octanol–water partition coefficient (Wildman–Crippen LogP) is 2.59. The summed E-state index contributed by atoms with van der Waals surface area (Å²) in [5, 5.41) is 3.58. The molecule has 1 rings (SSSR count). The fourth-order valence-corrected chi connectivity index (χ4v) is 2.89. The van der Waals surface area contributed by atoms with Crippen LogP contribution >= 0.6 is 11.8 Å². The fourth-order valence-electron chi connectivity index (χ4n) is 2.40. The Balaban J connectivity index is 1.90. The molecule has 96 valence electrons. The molecule has 1 unspecified atom stereocenters. The normalized spacial score (nSPS) is 22.5. The van der Waals surface area contributed by atoms with Gasteiger partial charge in [-0.05, 0) is 70.8 Å². The van der Waals surface area contributed by atoms with Crippen molar-refractivity contribution in [1.82, 2.24) is 10.2 Å². The SMILES string of the molecule is CSCCCCNCCC1CCCCN1C. The molecule has 1 aliphatic heterocycles. The van der Waals surface area contributed by atoms with Crippen molar-refractivity contribution in [3.05, 3.63) is 0 Å². The van der Waals surface area contributed by atoms with Gasteiger partial charge in [0.05, 0.1) is 0 Å². The minimum Gasteiger partial charge on any atom is -0.317 e. The second-order valence-corrected chi connectivity index (χ2v) is 5.85. The van der Waals surface area contributed by atoms with Crippen LogP contribution in [0, 0.1) is 0 Å². The first-order valence-electron chi connectivity index (χ1n) is 6.74. The number of hydrogen-bond acceptors (Lipinski definition) is 3. The summed E-state index contributed by atoms with van der Waals surface area (Å²) < 4.78 is 0. The molecule has 2 nitrogen and oxygen atoms in total. The van der Waals surface area contributed by atoms with Crippen molar-refractivity contribution in [2.24, 2.45) is 0 Å². The number of thioether (sulfide) groups is 1. The second-order valence-electron chi connectivity index (χ2n) is 4.87. The van der Waals surface area contributed by atoms with E-state index in [1.165, 1.54) is 63.9 Å². The molecule has 0 bridgehead atoms. The maximum Gasteiger partial charge on any atom is 0.0104 e. The number of likely N-dealkylation sites (tertiary alicyclic amines) is 1. The lowest BCUT2D eigenvalue weighted by Crippen LogP contribution is -2.38. The largest absolute Gasteiger partial charge is 0.317 e. The third-order valence-electron chi connectivity index (χ3n) is 3.53. The summed E-state index contributed by atoms with van der Waals surface area (Å²) in [7, 11) is 2.28. The molecule has 1 N–H and O–H groups in total. The molecule has 0 aliphatic carbocycles. The highest BCUT2D eigenvalue weighted by Crippen LogP contribution is 2.16. The van der Waals surface area contributed by atoms with E-state index in [0.717, 1.165) is 6.04 Å². The van der Waals surface area contributed by atoms with E-state index in [1.54, 1.807) is 0 Å². The molecular formula is C13H28N2S. The lowest BCUT2D eigenvalue weighted by molar-refractivity contribution is 0.175. The molecule has 0 aromatic carbocycles. The number of unbranched alkanes of at least 4 members (excludes halogenated alkanes) is 1. The van der Waals surface area contributed by atoms with E-state index >= 15 is 0 Å². The molecule has 1 fully saturated rings. The average molecular weight is 244 g/mol. The number of rotatable bonds is 8. The number of piperidine rings is 1. The second kappa shape index (κ2) is 9.32. The zero-order valence-corrected chi connectivity index (χ0v) is 11.8. The van der Waals surface area contributed by atoms with E-state index in [0.29, 0.717) is 0 Å². The first kappa shape index (κ1) is 14.3. The molecule has 1 aliphatic rings. The fraction of sp³-hybridized carbons (Fsp3) is 1.00. The molecule has 0 saturated carbocycles. The van der Waals surface area contributed by atoms with Crippen LogP contribution < -0.4 is 5.32 Å². The van der Waals surface area contributed by atoms with Crippen LogP contribution in [0.4, 0.5) is 0 Å². The highest BCUT2D eigenvalue weighted by atomic mass is 32.2. The first-order chi connectivity index (χ1) is 7.84. The van der Waals surface area contributed by atoms with Crippen LogP contribution in [0.25, 0.3) is 0 Å². The summed E-state index contributed by atoms with van der Waals surface area (Å²) in [5.74, 6) is 1.31. The van der Waals surface area contributed by atoms with Gasteiger partial charge in [0.25, 0.3) is 0 Å². The van der Waals surface area contributed by atoms with Crippen molar-refractivity contribution in [3.8, 4) is 0 Å². The van der Waals surface area contributed by atoms with Crippen molar-refractivity contribution < 1.29 is 0 Å². The van der Waals surface area contributed by atoms with Crippen LogP contribution in [0.1, 0.15) is 38.5 Å². The maximum absolute atomic E-state index is 3.58. The molecule has 1 saturated heterocycles. The standard InChI is InChI=1S/C13H28N2S/c1-15-11-5-3-7-13(15)8-10-14-9-4-6-12-16-2/h13-14H,3-12H2,1-2H3. The molecule has 3 heteroatoms. The van der Waals surface area contributed by atoms with Gasteiger partial charge in [0.2, 0.25) is 0 Å². The van der Waals surface area contributed by atoms with Crippen molar-refractivity contribution in [3.63, 3.8) is 0 Å². The predicted molar refractivity (Wildman–Crippen MR) is 75.4 cm³/mol. The van der Waals surface area contributed by atoms with Crippen LogP contribution in [-0.4, -0.2) is 49.6 Å². The van der Waals surface area contributed by atoms with Gasteiger partial charge in [-0.1, -0.05) is 6.42 Å². The van der Waals surface area contributed by atoms with Crippen molar-refractivity contribution in [1.29, 1.82) is 0 Å². The van der Waals surface area contributed by atoms with Gasteiger partial charge in [-0.15, -0.1) is 0 Å². The van der Waals surface area contributed by atoms with E-state index in [-0.39, 0.29) is 0 Å². The lowest BCUT2D eigenvalue weighted by atomic mass is 10.0. The minimum atomic E-state index is 0.840. The molecule has 0 spiro atoms. The zero-order valence-electron chi connectivity index (χ0n) is 11.0. The molecular weight excluding hydrogens is 216 g/mol. The van der Waals surface area contributed by atoms with E-state index in [2.05, 4.69) is 23.5 Å². The summed E-state index contributed by atoms with van der Waals surface area (Å²) in [6.07, 6.45) is 10.5. The van der Waals surface area contributed by atoms with Gasteiger partial charge in [0.15, 0.2) is 0 Å². The Bertz CT molecular complexity index is 164. The van der Waals surface area contributed by atoms with Gasteiger partial charge >= 0.3 is 0 Å². The van der Waals surface area contributed by atoms with Gasteiger partial charge < -0.3 is 10.2 Å². The Kier molecular flexibility index (Phi) is 8.34. The summed E-state index contributed by atoms with van der Waals surface area (Å²) in [6.45, 7) is 3.71. The molecule has 0 radical (unpaired) electrons. The number of nitrogens with zero attached hydrogens (tertiary/aromatic N) is 1. The Morgan fingerprint density at radius 2 is 2.12 bits per heavy atom. The molecule has 1 heterocycles. The molecule has 1 atom stereocenters. The van der Waals surface area contributed by atoms with Crippen molar-refractivity contribution in [2.75, 3.05) is 38.7 Å². The highest BCUT2D eigenvalue weighted by Gasteiger charge is 2.17. The molecule has 0 amide bonds. The number of hydrogen-bond donors (Lipinski definition) is 1. The molecule has 16 heavy (non-hydrogen) atoms. The van der Waals surface area contributed by atoms with Gasteiger partial charge in [0, 0.05) is 6.04 Å². The van der Waals surface area contributed by atoms with Crippen LogP contribution in [0.2, 0.25) is 0 Å². The van der Waals surface area contributed by atoms with Crippen LogP contribution in [0.3, 0.4) is 0 Å². The third-order valence-corrected chi connectivity index (χ3v) is 4.22. The lowest BCUT2D eigenvalue weighted by Gasteiger charge is -2.32. The minimum absolute atomic E-state index is 0.840. The van der Waals surface area contributed by atoms with Crippen molar-refractivity contribution in [2.45, 2.75) is 44.6 Å². The van der Waals surface area contributed by atoms with E-state index in [1.807, 2.05) is 11.8 Å². The van der Waals surface area contributed by atoms with Crippen LogP contribution in [0.15, 0.2) is 0 Å². The topological polar surface area (TPSA) is 15.3 Å². The van der Waals surface area contributed by atoms with E-state index < -0.39 is 0 Å². The van der Waals surface area contributed by atoms with Gasteiger partial charge in [-0.2, -0.15) is 11.8 Å². The van der Waals surface area contributed by atoms with Gasteiger partial charge in [-0.25, -0.2) is 0 Å². The first-order valence-corrected chi connectivity index (χ1v) is 8.14. The maximum atomic E-state index is 3.58. The summed E-state index contributed by atoms with van der Waals surface area (Å²) in [6, 6.07) is 0.840. The Labute approximate surface area is 106 Å². The quantitative estimate of drug-likeness (QED) is 0.661. The Morgan fingerprint density at radius 1 is 1.25 bits per heavy atom.